The maximum atomic E-state index is 12.8. The van der Waals surface area contributed by atoms with Gasteiger partial charge in [-0.2, -0.15) is 0 Å². The van der Waals surface area contributed by atoms with Gasteiger partial charge in [-0.3, -0.25) is 4.79 Å². The van der Waals surface area contributed by atoms with E-state index in [9.17, 15) is 13.2 Å². The van der Waals surface area contributed by atoms with Crippen LogP contribution in [-0.2, 0) is 26.0 Å². The smallest absolute Gasteiger partial charge is 0.228 e. The SMILES string of the molecule is CS(=O)(=O)NC[C@H]1OC[C@@H]2CCN(C(=O)Cc3noc4ccccc34)C[C@@H]21. The molecule has 0 radical (unpaired) electrons. The lowest BCUT2D eigenvalue weighted by Crippen LogP contribution is -2.47. The fraction of sp³-hybridized carbons (Fsp3) is 0.556. The number of aromatic nitrogens is 1. The van der Waals surface area contributed by atoms with Gasteiger partial charge in [0.15, 0.2) is 5.58 Å². The molecular formula is C18H23N3O5S. The van der Waals surface area contributed by atoms with E-state index in [-0.39, 0.29) is 30.9 Å². The molecule has 0 spiro atoms. The largest absolute Gasteiger partial charge is 0.376 e. The van der Waals surface area contributed by atoms with Crippen LogP contribution < -0.4 is 4.72 Å². The molecule has 146 valence electrons. The van der Waals surface area contributed by atoms with Crippen molar-refractivity contribution in [1.29, 1.82) is 0 Å². The minimum Gasteiger partial charge on any atom is -0.376 e. The third kappa shape index (κ3) is 3.99. The molecule has 0 bridgehead atoms. The number of fused-ring (bicyclic) bond motifs is 2. The van der Waals surface area contributed by atoms with Crippen LogP contribution in [0.25, 0.3) is 11.0 Å². The fourth-order valence-electron chi connectivity index (χ4n) is 4.02. The van der Waals surface area contributed by atoms with Crippen LogP contribution in [0.5, 0.6) is 0 Å². The minimum atomic E-state index is -3.26. The van der Waals surface area contributed by atoms with E-state index in [4.69, 9.17) is 9.26 Å². The van der Waals surface area contributed by atoms with Crippen molar-refractivity contribution in [3.05, 3.63) is 30.0 Å². The Bertz CT molecular complexity index is 941. The second kappa shape index (κ2) is 7.21. The number of sulfonamides is 1. The number of rotatable bonds is 5. The number of carbonyl (C=O) groups excluding carboxylic acids is 1. The molecule has 4 rings (SSSR count). The topological polar surface area (TPSA) is 102 Å². The van der Waals surface area contributed by atoms with Gasteiger partial charge in [-0.1, -0.05) is 17.3 Å². The molecule has 1 amide bonds. The van der Waals surface area contributed by atoms with Crippen LogP contribution >= 0.6 is 0 Å². The van der Waals surface area contributed by atoms with Gasteiger partial charge >= 0.3 is 0 Å². The molecule has 2 fully saturated rings. The fourth-order valence-corrected chi connectivity index (χ4v) is 4.49. The Morgan fingerprint density at radius 2 is 2.19 bits per heavy atom. The van der Waals surface area contributed by atoms with Crippen molar-refractivity contribution in [2.45, 2.75) is 18.9 Å². The summed E-state index contributed by atoms with van der Waals surface area (Å²) in [5.41, 5.74) is 1.32. The van der Waals surface area contributed by atoms with E-state index in [1.54, 1.807) is 0 Å². The first kappa shape index (κ1) is 18.4. The lowest BCUT2D eigenvalue weighted by atomic mass is 9.84. The molecule has 1 aromatic carbocycles. The molecule has 0 unspecified atom stereocenters. The van der Waals surface area contributed by atoms with Crippen LogP contribution in [0, 0.1) is 11.8 Å². The summed E-state index contributed by atoms with van der Waals surface area (Å²) < 4.78 is 36.3. The van der Waals surface area contributed by atoms with E-state index in [0.29, 0.717) is 36.9 Å². The van der Waals surface area contributed by atoms with E-state index in [1.165, 1.54) is 0 Å². The molecule has 0 saturated carbocycles. The lowest BCUT2D eigenvalue weighted by molar-refractivity contribution is -0.133. The van der Waals surface area contributed by atoms with Crippen LogP contribution in [0.2, 0.25) is 0 Å². The standard InChI is InChI=1S/C18H23N3O5S/c1-27(23,24)19-9-17-14-10-21(7-6-12(14)11-25-17)18(22)8-15-13-4-2-3-5-16(13)26-20-15/h2-5,12,14,17,19H,6-11H2,1H3/t12-,14-,17+/m0/s1. The second-order valence-corrected chi connectivity index (χ2v) is 9.18. The van der Waals surface area contributed by atoms with E-state index >= 15 is 0 Å². The summed E-state index contributed by atoms with van der Waals surface area (Å²) in [6, 6.07) is 7.50. The molecule has 9 heteroatoms. The van der Waals surface area contributed by atoms with Crippen molar-refractivity contribution >= 4 is 26.9 Å². The van der Waals surface area contributed by atoms with E-state index in [1.807, 2.05) is 29.2 Å². The number of hydrogen-bond acceptors (Lipinski definition) is 6. The van der Waals surface area contributed by atoms with Crippen LogP contribution in [0.1, 0.15) is 12.1 Å². The predicted octanol–water partition coefficient (Wildman–Crippen LogP) is 0.783. The molecular weight excluding hydrogens is 370 g/mol. The highest BCUT2D eigenvalue weighted by Gasteiger charge is 2.42. The highest BCUT2D eigenvalue weighted by Crippen LogP contribution is 2.34. The normalized spacial score (nSPS) is 25.7. The zero-order chi connectivity index (χ0) is 19.0. The van der Waals surface area contributed by atoms with Gasteiger partial charge in [0.2, 0.25) is 15.9 Å². The minimum absolute atomic E-state index is 0.00854. The Hall–Kier alpha value is -1.97. The molecule has 1 N–H and O–H groups in total. The number of nitrogens with one attached hydrogen (secondary N) is 1. The quantitative estimate of drug-likeness (QED) is 0.806. The van der Waals surface area contributed by atoms with Crippen molar-refractivity contribution in [1.82, 2.24) is 14.8 Å². The average molecular weight is 393 g/mol. The predicted molar refractivity (Wildman–Crippen MR) is 98.5 cm³/mol. The van der Waals surface area contributed by atoms with Crippen molar-refractivity contribution in [2.75, 3.05) is 32.5 Å². The maximum Gasteiger partial charge on any atom is 0.228 e. The zero-order valence-electron chi connectivity index (χ0n) is 15.1. The van der Waals surface area contributed by atoms with Crippen LogP contribution in [0.15, 0.2) is 28.8 Å². The van der Waals surface area contributed by atoms with Crippen molar-refractivity contribution in [2.24, 2.45) is 11.8 Å². The van der Waals surface area contributed by atoms with E-state index in [0.717, 1.165) is 18.1 Å². The first-order valence-corrected chi connectivity index (χ1v) is 11.0. The molecule has 1 aromatic heterocycles. The van der Waals surface area contributed by atoms with Crippen molar-refractivity contribution < 1.29 is 22.5 Å². The van der Waals surface area contributed by atoms with E-state index in [2.05, 4.69) is 9.88 Å². The van der Waals surface area contributed by atoms with Gasteiger partial charge < -0.3 is 14.2 Å². The van der Waals surface area contributed by atoms with Gasteiger partial charge in [-0.05, 0) is 24.5 Å². The number of para-hydroxylation sites is 1. The number of hydrogen-bond donors (Lipinski definition) is 1. The summed E-state index contributed by atoms with van der Waals surface area (Å²) >= 11 is 0. The Balaban J connectivity index is 1.41. The monoisotopic (exact) mass is 393 g/mol. The molecule has 3 heterocycles. The number of amides is 1. The first-order chi connectivity index (χ1) is 12.9. The van der Waals surface area contributed by atoms with Crippen molar-refractivity contribution in [3.63, 3.8) is 0 Å². The van der Waals surface area contributed by atoms with Gasteiger partial charge in [0.1, 0.15) is 5.69 Å². The maximum absolute atomic E-state index is 12.8. The third-order valence-corrected chi connectivity index (χ3v) is 6.17. The Labute approximate surface area is 157 Å². The molecule has 2 aliphatic heterocycles. The molecule has 0 aliphatic carbocycles. The first-order valence-electron chi connectivity index (χ1n) is 9.08. The van der Waals surface area contributed by atoms with Crippen molar-refractivity contribution in [3.8, 4) is 0 Å². The summed E-state index contributed by atoms with van der Waals surface area (Å²) in [4.78, 5) is 14.7. The summed E-state index contributed by atoms with van der Waals surface area (Å²) in [6.45, 7) is 2.13. The third-order valence-electron chi connectivity index (χ3n) is 5.48. The van der Waals surface area contributed by atoms with Gasteiger partial charge in [-0.25, -0.2) is 13.1 Å². The molecule has 8 nitrogen and oxygen atoms in total. The highest BCUT2D eigenvalue weighted by molar-refractivity contribution is 7.88. The number of likely N-dealkylation sites (tertiary alicyclic amines) is 1. The zero-order valence-corrected chi connectivity index (χ0v) is 15.9. The highest BCUT2D eigenvalue weighted by atomic mass is 32.2. The Morgan fingerprint density at radius 3 is 3.00 bits per heavy atom. The Morgan fingerprint density at radius 1 is 1.37 bits per heavy atom. The number of ether oxygens (including phenoxy) is 1. The Kier molecular flexibility index (Phi) is 4.92. The van der Waals surface area contributed by atoms with Crippen LogP contribution in [0.3, 0.4) is 0 Å². The molecule has 3 atom stereocenters. The number of carbonyl (C=O) groups is 1. The molecule has 27 heavy (non-hydrogen) atoms. The van der Waals surface area contributed by atoms with Gasteiger partial charge in [0, 0.05) is 30.9 Å². The number of piperidine rings is 1. The summed E-state index contributed by atoms with van der Waals surface area (Å²) in [5.74, 6) is 0.522. The van der Waals surface area contributed by atoms with Gasteiger partial charge in [-0.15, -0.1) is 0 Å². The summed E-state index contributed by atoms with van der Waals surface area (Å²) in [6.07, 6.45) is 2.00. The van der Waals surface area contributed by atoms with E-state index < -0.39 is 10.0 Å². The van der Waals surface area contributed by atoms with Crippen LogP contribution in [0.4, 0.5) is 0 Å². The van der Waals surface area contributed by atoms with Gasteiger partial charge in [0.05, 0.1) is 25.4 Å². The molecule has 2 aliphatic rings. The summed E-state index contributed by atoms with van der Waals surface area (Å²) in [5, 5.41) is 4.91. The average Bonchev–Trinajstić information content (AvgIpc) is 3.23. The summed E-state index contributed by atoms with van der Waals surface area (Å²) in [7, 11) is -3.26. The lowest BCUT2D eigenvalue weighted by Gasteiger charge is -2.36. The van der Waals surface area contributed by atoms with Gasteiger partial charge in [0.25, 0.3) is 0 Å². The molecule has 2 aromatic rings. The number of benzene rings is 1. The molecule has 2 saturated heterocycles. The number of nitrogens with zero attached hydrogens (tertiary/aromatic N) is 2. The second-order valence-electron chi connectivity index (χ2n) is 7.35. The van der Waals surface area contributed by atoms with Crippen LogP contribution in [-0.4, -0.2) is 63.0 Å².